The number of urea groups is 1. The number of anilines is 1. The van der Waals surface area contributed by atoms with Gasteiger partial charge in [0.2, 0.25) is 0 Å². The van der Waals surface area contributed by atoms with Crippen LogP contribution >= 0.6 is 11.6 Å². The van der Waals surface area contributed by atoms with Crippen molar-refractivity contribution in [2.75, 3.05) is 18.4 Å². The molecule has 6 rings (SSSR count). The first kappa shape index (κ1) is 22.4. The van der Waals surface area contributed by atoms with Gasteiger partial charge in [-0.15, -0.1) is 0 Å². The van der Waals surface area contributed by atoms with Gasteiger partial charge in [0, 0.05) is 36.6 Å². The number of rotatable bonds is 4. The van der Waals surface area contributed by atoms with E-state index < -0.39 is 5.54 Å². The van der Waals surface area contributed by atoms with E-state index in [0.717, 1.165) is 69.1 Å². The highest BCUT2D eigenvalue weighted by molar-refractivity contribution is 6.35. The number of fused-ring (bicyclic) bond motifs is 4. The van der Waals surface area contributed by atoms with E-state index in [0.29, 0.717) is 16.3 Å². The van der Waals surface area contributed by atoms with Gasteiger partial charge < -0.3 is 20.4 Å². The second kappa shape index (κ2) is 8.88. The molecule has 3 N–H and O–H groups in total. The summed E-state index contributed by atoms with van der Waals surface area (Å²) in [6.07, 6.45) is 5.72. The van der Waals surface area contributed by atoms with Crippen molar-refractivity contribution in [2.24, 2.45) is 0 Å². The molecular formula is C27H29ClN4O3. The lowest BCUT2D eigenvalue weighted by Gasteiger charge is -2.42. The molecule has 3 aromatic rings. The van der Waals surface area contributed by atoms with Gasteiger partial charge in [0.25, 0.3) is 5.91 Å². The van der Waals surface area contributed by atoms with Gasteiger partial charge in [-0.25, -0.2) is 4.79 Å². The van der Waals surface area contributed by atoms with Crippen molar-refractivity contribution in [1.29, 1.82) is 0 Å². The zero-order valence-corrected chi connectivity index (χ0v) is 20.3. The van der Waals surface area contributed by atoms with Crippen molar-refractivity contribution in [2.45, 2.75) is 56.7 Å². The van der Waals surface area contributed by atoms with Crippen LogP contribution in [-0.2, 0) is 12.1 Å². The number of nitrogens with zero attached hydrogens (tertiary/aromatic N) is 1. The predicted molar refractivity (Wildman–Crippen MR) is 136 cm³/mol. The molecule has 2 aliphatic heterocycles. The summed E-state index contributed by atoms with van der Waals surface area (Å²) in [5, 5.41) is 10.4. The van der Waals surface area contributed by atoms with E-state index in [1.165, 1.54) is 5.56 Å². The molecule has 35 heavy (non-hydrogen) atoms. The van der Waals surface area contributed by atoms with E-state index in [1.807, 2.05) is 6.07 Å². The van der Waals surface area contributed by atoms with Gasteiger partial charge in [-0.05, 0) is 37.0 Å². The fraction of sp³-hybridized carbons (Fsp3) is 0.407. The average molecular weight is 493 g/mol. The molecule has 3 aliphatic rings. The van der Waals surface area contributed by atoms with Crippen LogP contribution in [0.3, 0.4) is 0 Å². The van der Waals surface area contributed by atoms with E-state index in [1.54, 1.807) is 12.1 Å². The van der Waals surface area contributed by atoms with E-state index >= 15 is 0 Å². The first-order chi connectivity index (χ1) is 17.0. The summed E-state index contributed by atoms with van der Waals surface area (Å²) >= 11 is 6.61. The summed E-state index contributed by atoms with van der Waals surface area (Å²) in [5.41, 5.74) is 2.84. The summed E-state index contributed by atoms with van der Waals surface area (Å²) in [6.45, 7) is 2.63. The smallest absolute Gasteiger partial charge is 0.319 e. The van der Waals surface area contributed by atoms with E-state index in [9.17, 15) is 9.59 Å². The molecule has 1 atom stereocenters. The third-order valence-electron chi connectivity index (χ3n) is 7.62. The zero-order valence-electron chi connectivity index (χ0n) is 19.5. The lowest BCUT2D eigenvalue weighted by Crippen LogP contribution is -2.52. The normalized spacial score (nSPS) is 21.5. The third kappa shape index (κ3) is 4.17. The first-order valence-corrected chi connectivity index (χ1v) is 12.8. The minimum Gasteiger partial charge on any atom is -0.450 e. The van der Waals surface area contributed by atoms with Crippen LogP contribution in [0.1, 0.15) is 60.2 Å². The lowest BCUT2D eigenvalue weighted by atomic mass is 9.74. The van der Waals surface area contributed by atoms with E-state index in [-0.39, 0.29) is 23.7 Å². The Balaban J connectivity index is 1.24. The van der Waals surface area contributed by atoms with Crippen LogP contribution in [0.5, 0.6) is 0 Å². The summed E-state index contributed by atoms with van der Waals surface area (Å²) in [4.78, 5) is 28.0. The second-order valence-corrected chi connectivity index (χ2v) is 10.4. The monoisotopic (exact) mass is 492 g/mol. The van der Waals surface area contributed by atoms with Crippen LogP contribution in [0, 0.1) is 0 Å². The second-order valence-electron chi connectivity index (χ2n) is 10.0. The Labute approximate surface area is 209 Å². The Morgan fingerprint density at radius 1 is 1.17 bits per heavy atom. The molecule has 0 radical (unpaired) electrons. The van der Waals surface area contributed by atoms with Gasteiger partial charge in [-0.1, -0.05) is 61.2 Å². The van der Waals surface area contributed by atoms with E-state index in [2.05, 4.69) is 45.1 Å². The summed E-state index contributed by atoms with van der Waals surface area (Å²) in [7, 11) is 0. The Hall–Kier alpha value is -3.03. The summed E-state index contributed by atoms with van der Waals surface area (Å²) < 4.78 is 6.20. The number of carbonyl (C=O) groups is 2. The molecular weight excluding hydrogens is 464 g/mol. The standard InChI is InChI=1S/C27H29ClN4O3/c28-20-13-18-14-21(25(33)29-19-9-12-32(16-19)15-17-7-3-1-4-8-17)35-24(18)22-23(20)30-26(34)31-27(22)10-5-2-6-11-27/h1,3-4,7-8,13-14,19H,2,5-6,9-12,15-16H2,(H,29,33)(H2,30,31,34). The van der Waals surface area contributed by atoms with Gasteiger partial charge in [0.15, 0.2) is 5.76 Å². The Bertz CT molecular complexity index is 1280. The maximum Gasteiger partial charge on any atom is 0.319 e. The fourth-order valence-electron chi connectivity index (χ4n) is 5.99. The number of benzene rings is 2. The molecule has 182 valence electrons. The highest BCUT2D eigenvalue weighted by atomic mass is 35.5. The van der Waals surface area contributed by atoms with Crippen LogP contribution in [0.25, 0.3) is 11.0 Å². The molecule has 2 aromatic carbocycles. The Morgan fingerprint density at radius 3 is 2.77 bits per heavy atom. The van der Waals surface area contributed by atoms with Crippen LogP contribution in [-0.4, -0.2) is 36.0 Å². The number of halogens is 1. The Morgan fingerprint density at radius 2 is 1.97 bits per heavy atom. The number of hydrogen-bond donors (Lipinski definition) is 3. The molecule has 1 unspecified atom stereocenters. The molecule has 1 aliphatic carbocycles. The highest BCUT2D eigenvalue weighted by Crippen LogP contribution is 2.48. The maximum atomic E-state index is 13.2. The SMILES string of the molecule is O=C1Nc2c(Cl)cc3cc(C(=O)NC4CCN(Cc5ccccc5)C4)oc3c2C2(CCCCC2)N1. The zero-order chi connectivity index (χ0) is 24.0. The van der Waals surface area contributed by atoms with Gasteiger partial charge >= 0.3 is 6.03 Å². The third-order valence-corrected chi connectivity index (χ3v) is 7.91. The minimum atomic E-state index is -0.520. The number of hydrogen-bond acceptors (Lipinski definition) is 4. The molecule has 7 nitrogen and oxygen atoms in total. The topological polar surface area (TPSA) is 86.6 Å². The van der Waals surface area contributed by atoms with Crippen molar-refractivity contribution < 1.29 is 14.0 Å². The predicted octanol–water partition coefficient (Wildman–Crippen LogP) is 5.39. The average Bonchev–Trinajstić information content (AvgIpc) is 3.47. The number of furan rings is 1. The lowest BCUT2D eigenvalue weighted by molar-refractivity contribution is 0.0911. The largest absolute Gasteiger partial charge is 0.450 e. The van der Waals surface area contributed by atoms with Crippen molar-refractivity contribution in [3.63, 3.8) is 0 Å². The molecule has 3 amide bonds. The van der Waals surface area contributed by atoms with Gasteiger partial charge in [-0.3, -0.25) is 9.69 Å². The van der Waals surface area contributed by atoms with Gasteiger partial charge in [0.1, 0.15) is 5.58 Å². The summed E-state index contributed by atoms with van der Waals surface area (Å²) in [5.74, 6) is 0.0527. The molecule has 1 aromatic heterocycles. The molecule has 1 saturated heterocycles. The van der Waals surface area contributed by atoms with Crippen molar-refractivity contribution in [3.8, 4) is 0 Å². The minimum absolute atomic E-state index is 0.0718. The van der Waals surface area contributed by atoms with Crippen LogP contribution in [0.4, 0.5) is 10.5 Å². The maximum absolute atomic E-state index is 13.2. The quantitative estimate of drug-likeness (QED) is 0.456. The van der Waals surface area contributed by atoms with Crippen molar-refractivity contribution in [1.82, 2.24) is 15.5 Å². The van der Waals surface area contributed by atoms with E-state index in [4.69, 9.17) is 16.0 Å². The number of carbonyl (C=O) groups excluding carboxylic acids is 2. The van der Waals surface area contributed by atoms with Crippen LogP contribution in [0.2, 0.25) is 5.02 Å². The fourth-order valence-corrected chi connectivity index (χ4v) is 6.25. The number of amides is 3. The van der Waals surface area contributed by atoms with Gasteiger partial charge in [-0.2, -0.15) is 0 Å². The molecule has 1 spiro atoms. The highest BCUT2D eigenvalue weighted by Gasteiger charge is 2.44. The molecule has 2 fully saturated rings. The van der Waals surface area contributed by atoms with Crippen LogP contribution < -0.4 is 16.0 Å². The molecule has 3 heterocycles. The van der Waals surface area contributed by atoms with Crippen molar-refractivity contribution >= 4 is 40.2 Å². The molecule has 0 bridgehead atoms. The first-order valence-electron chi connectivity index (χ1n) is 12.4. The molecule has 1 saturated carbocycles. The number of nitrogens with one attached hydrogen (secondary N) is 3. The van der Waals surface area contributed by atoms with Gasteiger partial charge in [0.05, 0.1) is 16.2 Å². The Kier molecular flexibility index (Phi) is 5.69. The molecule has 8 heteroatoms. The number of likely N-dealkylation sites (tertiary alicyclic amines) is 1. The summed E-state index contributed by atoms with van der Waals surface area (Å²) in [6, 6.07) is 13.7. The van der Waals surface area contributed by atoms with Crippen LogP contribution in [0.15, 0.2) is 46.9 Å². The van der Waals surface area contributed by atoms with Crippen molar-refractivity contribution in [3.05, 3.63) is 64.4 Å².